The van der Waals surface area contributed by atoms with Gasteiger partial charge in [-0.1, -0.05) is 30.3 Å². The maximum Gasteiger partial charge on any atom is 0.0353 e. The minimum atomic E-state index is 0.568. The molecule has 0 heterocycles. The van der Waals surface area contributed by atoms with Crippen LogP contribution in [0.5, 0.6) is 0 Å². The molecule has 0 radical (unpaired) electrons. The Morgan fingerprint density at radius 2 is 1.83 bits per heavy atom. The monoisotopic (exact) mass is 349 g/mol. The Balaban J connectivity index is 1.73. The van der Waals surface area contributed by atoms with Gasteiger partial charge in [-0.25, -0.2) is 0 Å². The lowest BCUT2D eigenvalue weighted by Gasteiger charge is -2.26. The predicted molar refractivity (Wildman–Crippen MR) is 85.0 cm³/mol. The molecule has 0 aliphatic heterocycles. The third-order valence-corrected chi connectivity index (χ3v) is 4.21. The highest BCUT2D eigenvalue weighted by molar-refractivity contribution is 14.1. The quantitative estimate of drug-likeness (QED) is 0.799. The molecule has 92 valence electrons. The van der Waals surface area contributed by atoms with Crippen LogP contribution in [-0.2, 0) is 12.8 Å². The molecule has 3 rings (SSSR count). The highest BCUT2D eigenvalue weighted by Crippen LogP contribution is 2.24. The molecular weight excluding hydrogens is 333 g/mol. The van der Waals surface area contributed by atoms with E-state index in [1.807, 2.05) is 0 Å². The fourth-order valence-corrected chi connectivity index (χ4v) is 3.18. The van der Waals surface area contributed by atoms with E-state index in [0.29, 0.717) is 6.04 Å². The van der Waals surface area contributed by atoms with Gasteiger partial charge in [0.2, 0.25) is 0 Å². The molecule has 0 bridgehead atoms. The Morgan fingerprint density at radius 1 is 1.00 bits per heavy atom. The summed E-state index contributed by atoms with van der Waals surface area (Å²) in [7, 11) is 0. The number of anilines is 1. The van der Waals surface area contributed by atoms with E-state index in [1.54, 1.807) is 0 Å². The number of nitrogens with one attached hydrogen (secondary N) is 1. The Hall–Kier alpha value is -1.03. The van der Waals surface area contributed by atoms with Gasteiger partial charge in [0.1, 0.15) is 0 Å². The second-order valence-corrected chi connectivity index (χ2v) is 6.11. The van der Waals surface area contributed by atoms with Crippen molar-refractivity contribution in [3.05, 3.63) is 63.2 Å². The smallest absolute Gasteiger partial charge is 0.0353 e. The molecule has 1 nitrogen and oxygen atoms in total. The number of benzene rings is 2. The second kappa shape index (κ2) is 5.31. The van der Waals surface area contributed by atoms with Crippen LogP contribution in [0.4, 0.5) is 5.69 Å². The first-order valence-electron chi connectivity index (χ1n) is 6.40. The van der Waals surface area contributed by atoms with E-state index in [9.17, 15) is 0 Å². The van der Waals surface area contributed by atoms with E-state index in [-0.39, 0.29) is 0 Å². The molecular formula is C16H16IN. The second-order valence-electron chi connectivity index (χ2n) is 4.86. The summed E-state index contributed by atoms with van der Waals surface area (Å²) in [6.45, 7) is 0. The lowest BCUT2D eigenvalue weighted by molar-refractivity contribution is 0.611. The van der Waals surface area contributed by atoms with Gasteiger partial charge in [0.05, 0.1) is 0 Å². The first-order valence-corrected chi connectivity index (χ1v) is 7.48. The SMILES string of the molecule is Ic1cccc(NC2CCc3ccccc3C2)c1. The summed E-state index contributed by atoms with van der Waals surface area (Å²) in [5.74, 6) is 0. The summed E-state index contributed by atoms with van der Waals surface area (Å²) in [4.78, 5) is 0. The standard InChI is InChI=1S/C16H16IN/c17-14-6-3-7-15(11-14)18-16-9-8-12-4-1-2-5-13(12)10-16/h1-7,11,16,18H,8-10H2. The van der Waals surface area contributed by atoms with Gasteiger partial charge in [-0.3, -0.25) is 0 Å². The van der Waals surface area contributed by atoms with Crippen molar-refractivity contribution in [3.63, 3.8) is 0 Å². The molecule has 0 amide bonds. The van der Waals surface area contributed by atoms with E-state index in [1.165, 1.54) is 33.2 Å². The zero-order valence-electron chi connectivity index (χ0n) is 10.2. The van der Waals surface area contributed by atoms with Gasteiger partial charge < -0.3 is 5.32 Å². The number of rotatable bonds is 2. The van der Waals surface area contributed by atoms with E-state index >= 15 is 0 Å². The molecule has 1 N–H and O–H groups in total. The van der Waals surface area contributed by atoms with Gasteiger partial charge in [-0.05, 0) is 71.2 Å². The number of halogens is 1. The molecule has 2 aromatic rings. The van der Waals surface area contributed by atoms with Crippen LogP contribution in [0.15, 0.2) is 48.5 Å². The first-order chi connectivity index (χ1) is 8.81. The molecule has 18 heavy (non-hydrogen) atoms. The Kier molecular flexibility index (Phi) is 3.55. The summed E-state index contributed by atoms with van der Waals surface area (Å²) in [5.41, 5.74) is 4.27. The van der Waals surface area contributed by atoms with E-state index in [4.69, 9.17) is 0 Å². The first kappa shape index (κ1) is 12.0. The van der Waals surface area contributed by atoms with Crippen LogP contribution in [0.25, 0.3) is 0 Å². The van der Waals surface area contributed by atoms with Crippen molar-refractivity contribution in [3.8, 4) is 0 Å². The van der Waals surface area contributed by atoms with Crippen LogP contribution in [0, 0.1) is 3.57 Å². The molecule has 1 unspecified atom stereocenters. The number of hydrogen-bond donors (Lipinski definition) is 1. The maximum absolute atomic E-state index is 3.66. The average Bonchev–Trinajstić information content (AvgIpc) is 2.39. The van der Waals surface area contributed by atoms with Crippen molar-refractivity contribution >= 4 is 28.3 Å². The molecule has 0 spiro atoms. The molecule has 0 aromatic heterocycles. The average molecular weight is 349 g/mol. The molecule has 1 aliphatic carbocycles. The van der Waals surface area contributed by atoms with Crippen LogP contribution >= 0.6 is 22.6 Å². The zero-order chi connectivity index (χ0) is 12.4. The molecule has 0 saturated heterocycles. The highest BCUT2D eigenvalue weighted by Gasteiger charge is 2.17. The summed E-state index contributed by atoms with van der Waals surface area (Å²) in [6.07, 6.45) is 3.56. The summed E-state index contributed by atoms with van der Waals surface area (Å²) in [6, 6.07) is 18.0. The van der Waals surface area contributed by atoms with Crippen molar-refractivity contribution in [2.45, 2.75) is 25.3 Å². The van der Waals surface area contributed by atoms with Gasteiger partial charge in [-0.15, -0.1) is 0 Å². The Morgan fingerprint density at radius 3 is 2.67 bits per heavy atom. The molecule has 0 fully saturated rings. The van der Waals surface area contributed by atoms with Crippen molar-refractivity contribution in [1.82, 2.24) is 0 Å². The van der Waals surface area contributed by atoms with Gasteiger partial charge in [0.15, 0.2) is 0 Å². The molecule has 2 aromatic carbocycles. The van der Waals surface area contributed by atoms with Crippen molar-refractivity contribution in [2.24, 2.45) is 0 Å². The van der Waals surface area contributed by atoms with Gasteiger partial charge >= 0.3 is 0 Å². The van der Waals surface area contributed by atoms with Crippen molar-refractivity contribution in [2.75, 3.05) is 5.32 Å². The fraction of sp³-hybridized carbons (Fsp3) is 0.250. The minimum Gasteiger partial charge on any atom is -0.382 e. The number of hydrogen-bond acceptors (Lipinski definition) is 1. The lowest BCUT2D eigenvalue weighted by atomic mass is 9.88. The predicted octanol–water partition coefficient (Wildman–Crippen LogP) is 4.26. The van der Waals surface area contributed by atoms with Crippen LogP contribution in [0.1, 0.15) is 17.5 Å². The van der Waals surface area contributed by atoms with Crippen LogP contribution < -0.4 is 5.32 Å². The van der Waals surface area contributed by atoms with Crippen molar-refractivity contribution in [1.29, 1.82) is 0 Å². The highest BCUT2D eigenvalue weighted by atomic mass is 127. The van der Waals surface area contributed by atoms with Crippen LogP contribution in [0.3, 0.4) is 0 Å². The normalized spacial score (nSPS) is 18.2. The number of fused-ring (bicyclic) bond motifs is 1. The van der Waals surface area contributed by atoms with Gasteiger partial charge in [0, 0.05) is 15.3 Å². The summed E-state index contributed by atoms with van der Waals surface area (Å²) in [5, 5.41) is 3.66. The molecule has 2 heteroatoms. The van der Waals surface area contributed by atoms with Gasteiger partial charge in [0.25, 0.3) is 0 Å². The zero-order valence-corrected chi connectivity index (χ0v) is 12.4. The minimum absolute atomic E-state index is 0.568. The van der Waals surface area contributed by atoms with E-state index < -0.39 is 0 Å². The van der Waals surface area contributed by atoms with Crippen molar-refractivity contribution < 1.29 is 0 Å². The van der Waals surface area contributed by atoms with Crippen LogP contribution in [-0.4, -0.2) is 6.04 Å². The molecule has 1 atom stereocenters. The van der Waals surface area contributed by atoms with Crippen LogP contribution in [0.2, 0.25) is 0 Å². The fourth-order valence-electron chi connectivity index (χ4n) is 2.63. The van der Waals surface area contributed by atoms with E-state index in [2.05, 4.69) is 76.4 Å². The largest absolute Gasteiger partial charge is 0.382 e. The number of aryl methyl sites for hydroxylation is 1. The molecule has 1 aliphatic rings. The third-order valence-electron chi connectivity index (χ3n) is 3.54. The Bertz CT molecular complexity index is 550. The maximum atomic E-state index is 3.66. The lowest BCUT2D eigenvalue weighted by Crippen LogP contribution is -2.27. The topological polar surface area (TPSA) is 12.0 Å². The summed E-state index contributed by atoms with van der Waals surface area (Å²) >= 11 is 2.36. The Labute approximate surface area is 122 Å². The van der Waals surface area contributed by atoms with E-state index in [0.717, 1.165) is 6.42 Å². The van der Waals surface area contributed by atoms with Gasteiger partial charge in [-0.2, -0.15) is 0 Å². The third kappa shape index (κ3) is 2.69. The molecule has 0 saturated carbocycles. The summed E-state index contributed by atoms with van der Waals surface area (Å²) < 4.78 is 1.29.